The molecule has 1 aromatic rings. The van der Waals surface area contributed by atoms with E-state index in [4.69, 9.17) is 0 Å². The fourth-order valence-electron chi connectivity index (χ4n) is 2.68. The minimum Gasteiger partial charge on any atom is -0.351 e. The number of aromatic nitrogens is 2. The standard InChI is InChI=1S/C15H22N4O2/c1-10(2)7-14(20)18-8-12-5-6-16-19(12)13(9-18)15(21)17-11-3-4-11/h5-6,10-11,13H,3-4,7-9H2,1-2H3,(H,17,21)/t13-/m1/s1. The maximum absolute atomic E-state index is 12.4. The Morgan fingerprint density at radius 3 is 2.86 bits per heavy atom. The Morgan fingerprint density at radius 2 is 2.19 bits per heavy atom. The van der Waals surface area contributed by atoms with Crippen LogP contribution in [0.4, 0.5) is 0 Å². The van der Waals surface area contributed by atoms with Crippen molar-refractivity contribution in [3.8, 4) is 0 Å². The number of hydrogen-bond donors (Lipinski definition) is 1. The molecule has 0 bridgehead atoms. The van der Waals surface area contributed by atoms with Gasteiger partial charge < -0.3 is 10.2 Å². The van der Waals surface area contributed by atoms with Crippen LogP contribution in [0.1, 0.15) is 44.8 Å². The molecule has 3 rings (SSSR count). The summed E-state index contributed by atoms with van der Waals surface area (Å²) in [5.41, 5.74) is 0.925. The van der Waals surface area contributed by atoms with Gasteiger partial charge in [-0.1, -0.05) is 13.8 Å². The summed E-state index contributed by atoms with van der Waals surface area (Å²) in [5.74, 6) is 0.411. The number of rotatable bonds is 4. The minimum atomic E-state index is -0.402. The molecule has 1 atom stereocenters. The fourth-order valence-corrected chi connectivity index (χ4v) is 2.68. The maximum Gasteiger partial charge on any atom is 0.246 e. The summed E-state index contributed by atoms with van der Waals surface area (Å²) < 4.78 is 1.76. The Labute approximate surface area is 124 Å². The Bertz CT molecular complexity index is 548. The van der Waals surface area contributed by atoms with Crippen LogP contribution in [-0.2, 0) is 16.1 Å². The average Bonchev–Trinajstić information content (AvgIpc) is 3.11. The predicted octanol–water partition coefficient (Wildman–Crippen LogP) is 1.09. The van der Waals surface area contributed by atoms with E-state index in [1.54, 1.807) is 15.8 Å². The summed E-state index contributed by atoms with van der Waals surface area (Å²) in [5, 5.41) is 7.28. The molecule has 1 saturated carbocycles. The van der Waals surface area contributed by atoms with Crippen molar-refractivity contribution in [2.24, 2.45) is 5.92 Å². The molecule has 1 aliphatic carbocycles. The SMILES string of the molecule is CC(C)CC(=O)N1Cc2ccnn2[C@@H](C(=O)NC2CC2)C1. The Morgan fingerprint density at radius 1 is 1.43 bits per heavy atom. The molecule has 2 heterocycles. The van der Waals surface area contributed by atoms with E-state index in [0.29, 0.717) is 31.5 Å². The molecule has 0 aromatic carbocycles. The van der Waals surface area contributed by atoms with E-state index in [9.17, 15) is 9.59 Å². The third kappa shape index (κ3) is 3.09. The Kier molecular flexibility index (Phi) is 3.69. The van der Waals surface area contributed by atoms with E-state index in [2.05, 4.69) is 10.4 Å². The van der Waals surface area contributed by atoms with E-state index in [0.717, 1.165) is 18.5 Å². The van der Waals surface area contributed by atoms with E-state index in [1.165, 1.54) is 0 Å². The summed E-state index contributed by atoms with van der Waals surface area (Å²) >= 11 is 0. The van der Waals surface area contributed by atoms with Crippen molar-refractivity contribution >= 4 is 11.8 Å². The second-order valence-corrected chi connectivity index (χ2v) is 6.44. The first-order valence-electron chi connectivity index (χ1n) is 7.65. The maximum atomic E-state index is 12.4. The number of fused-ring (bicyclic) bond motifs is 1. The lowest BCUT2D eigenvalue weighted by Crippen LogP contribution is -2.47. The van der Waals surface area contributed by atoms with Crippen LogP contribution in [0.3, 0.4) is 0 Å². The molecule has 21 heavy (non-hydrogen) atoms. The quantitative estimate of drug-likeness (QED) is 0.902. The zero-order valence-corrected chi connectivity index (χ0v) is 12.6. The highest BCUT2D eigenvalue weighted by Crippen LogP contribution is 2.24. The van der Waals surface area contributed by atoms with Gasteiger partial charge in [0.2, 0.25) is 11.8 Å². The zero-order chi connectivity index (χ0) is 15.0. The Hall–Kier alpha value is -1.85. The Balaban J connectivity index is 1.76. The molecule has 114 valence electrons. The summed E-state index contributed by atoms with van der Waals surface area (Å²) in [7, 11) is 0. The van der Waals surface area contributed by atoms with E-state index in [-0.39, 0.29) is 11.8 Å². The van der Waals surface area contributed by atoms with Crippen LogP contribution in [-0.4, -0.2) is 39.1 Å². The van der Waals surface area contributed by atoms with Crippen LogP contribution in [0.15, 0.2) is 12.3 Å². The molecule has 6 nitrogen and oxygen atoms in total. The van der Waals surface area contributed by atoms with Crippen molar-refractivity contribution < 1.29 is 9.59 Å². The third-order valence-electron chi connectivity index (χ3n) is 3.96. The van der Waals surface area contributed by atoms with Gasteiger partial charge in [-0.05, 0) is 24.8 Å². The number of amides is 2. The molecule has 0 spiro atoms. The molecule has 2 amide bonds. The smallest absolute Gasteiger partial charge is 0.246 e. The molecule has 1 N–H and O–H groups in total. The summed E-state index contributed by atoms with van der Waals surface area (Å²) in [6.07, 6.45) is 4.33. The van der Waals surface area contributed by atoms with Gasteiger partial charge in [0, 0.05) is 18.7 Å². The highest BCUT2D eigenvalue weighted by atomic mass is 16.2. The van der Waals surface area contributed by atoms with Crippen molar-refractivity contribution in [3.63, 3.8) is 0 Å². The van der Waals surface area contributed by atoms with Gasteiger partial charge in [0.05, 0.1) is 18.8 Å². The van der Waals surface area contributed by atoms with Gasteiger partial charge in [-0.15, -0.1) is 0 Å². The van der Waals surface area contributed by atoms with Crippen LogP contribution in [0.2, 0.25) is 0 Å². The van der Waals surface area contributed by atoms with E-state index in [1.807, 2.05) is 19.9 Å². The molecule has 0 saturated heterocycles. The monoisotopic (exact) mass is 290 g/mol. The molecular weight excluding hydrogens is 268 g/mol. The lowest BCUT2D eigenvalue weighted by molar-refractivity contribution is -0.136. The van der Waals surface area contributed by atoms with Gasteiger partial charge in [0.1, 0.15) is 6.04 Å². The first kappa shape index (κ1) is 14.1. The first-order valence-corrected chi connectivity index (χ1v) is 7.65. The van der Waals surface area contributed by atoms with Gasteiger partial charge in [0.25, 0.3) is 0 Å². The lowest BCUT2D eigenvalue weighted by atomic mass is 10.1. The van der Waals surface area contributed by atoms with Gasteiger partial charge in [-0.2, -0.15) is 5.10 Å². The average molecular weight is 290 g/mol. The number of carbonyl (C=O) groups excluding carboxylic acids is 2. The van der Waals surface area contributed by atoms with Crippen LogP contribution in [0.5, 0.6) is 0 Å². The lowest BCUT2D eigenvalue weighted by Gasteiger charge is -2.33. The zero-order valence-electron chi connectivity index (χ0n) is 12.6. The first-order chi connectivity index (χ1) is 10.0. The molecule has 0 radical (unpaired) electrons. The van der Waals surface area contributed by atoms with Gasteiger partial charge in [-0.25, -0.2) is 0 Å². The van der Waals surface area contributed by atoms with Crippen LogP contribution in [0.25, 0.3) is 0 Å². The number of nitrogens with one attached hydrogen (secondary N) is 1. The fraction of sp³-hybridized carbons (Fsp3) is 0.667. The van der Waals surface area contributed by atoms with Gasteiger partial charge in [0.15, 0.2) is 0 Å². The van der Waals surface area contributed by atoms with E-state index >= 15 is 0 Å². The molecule has 1 fully saturated rings. The highest BCUT2D eigenvalue weighted by Gasteiger charge is 2.35. The summed E-state index contributed by atoms with van der Waals surface area (Å²) in [6, 6.07) is 1.80. The number of carbonyl (C=O) groups is 2. The normalized spacial score (nSPS) is 21.3. The van der Waals surface area contributed by atoms with Crippen molar-refractivity contribution in [2.75, 3.05) is 6.54 Å². The van der Waals surface area contributed by atoms with Gasteiger partial charge in [-0.3, -0.25) is 14.3 Å². The number of hydrogen-bond acceptors (Lipinski definition) is 3. The molecule has 6 heteroatoms. The third-order valence-corrected chi connectivity index (χ3v) is 3.96. The second-order valence-electron chi connectivity index (χ2n) is 6.44. The van der Waals surface area contributed by atoms with Crippen LogP contribution >= 0.6 is 0 Å². The van der Waals surface area contributed by atoms with Crippen molar-refractivity contribution in [1.82, 2.24) is 20.0 Å². The van der Waals surface area contributed by atoms with Gasteiger partial charge >= 0.3 is 0 Å². The topological polar surface area (TPSA) is 67.2 Å². The minimum absolute atomic E-state index is 0.0236. The summed E-state index contributed by atoms with van der Waals surface area (Å²) in [4.78, 5) is 26.5. The molecule has 1 aliphatic heterocycles. The molecular formula is C15H22N4O2. The van der Waals surface area contributed by atoms with Crippen LogP contribution in [0, 0.1) is 5.92 Å². The molecule has 2 aliphatic rings. The van der Waals surface area contributed by atoms with E-state index < -0.39 is 6.04 Å². The van der Waals surface area contributed by atoms with Crippen molar-refractivity contribution in [2.45, 2.75) is 51.7 Å². The summed E-state index contributed by atoms with van der Waals surface area (Å²) in [6.45, 7) is 5.02. The predicted molar refractivity (Wildman–Crippen MR) is 77.3 cm³/mol. The van der Waals surface area contributed by atoms with Crippen molar-refractivity contribution in [1.29, 1.82) is 0 Å². The van der Waals surface area contributed by atoms with Crippen LogP contribution < -0.4 is 5.32 Å². The number of nitrogens with zero attached hydrogens (tertiary/aromatic N) is 3. The highest BCUT2D eigenvalue weighted by molar-refractivity contribution is 5.83. The van der Waals surface area contributed by atoms with Crippen molar-refractivity contribution in [3.05, 3.63) is 18.0 Å². The second kappa shape index (κ2) is 5.50. The molecule has 0 unspecified atom stereocenters. The largest absolute Gasteiger partial charge is 0.351 e. The molecule has 1 aromatic heterocycles.